The van der Waals surface area contributed by atoms with E-state index in [1.54, 1.807) is 6.07 Å². The molecular weight excluding hydrogens is 222 g/mol. The van der Waals surface area contributed by atoms with Gasteiger partial charge in [-0.3, -0.25) is 0 Å². The van der Waals surface area contributed by atoms with Crippen LogP contribution in [-0.4, -0.2) is 9.38 Å². The summed E-state index contributed by atoms with van der Waals surface area (Å²) >= 11 is 0. The molecule has 0 saturated carbocycles. The quantitative estimate of drug-likeness (QED) is 0.647. The van der Waals surface area contributed by atoms with Crippen molar-refractivity contribution in [3.8, 4) is 17.3 Å². The number of aryl methyl sites for hydroxylation is 1. The van der Waals surface area contributed by atoms with E-state index < -0.39 is 0 Å². The fourth-order valence-electron chi connectivity index (χ4n) is 2.04. The Morgan fingerprint density at radius 1 is 1.22 bits per heavy atom. The van der Waals surface area contributed by atoms with Crippen molar-refractivity contribution in [2.24, 2.45) is 0 Å². The highest BCUT2D eigenvalue weighted by Gasteiger charge is 2.06. The fraction of sp³-hybridized carbons (Fsp3) is 0.0667. The Morgan fingerprint density at radius 3 is 2.89 bits per heavy atom. The van der Waals surface area contributed by atoms with Crippen LogP contribution in [0, 0.1) is 18.3 Å². The van der Waals surface area contributed by atoms with Gasteiger partial charge in [0, 0.05) is 18.0 Å². The topological polar surface area (TPSA) is 41.1 Å². The van der Waals surface area contributed by atoms with Crippen LogP contribution in [0.3, 0.4) is 0 Å². The lowest BCUT2D eigenvalue weighted by Gasteiger charge is -1.95. The van der Waals surface area contributed by atoms with Crippen molar-refractivity contribution in [1.29, 1.82) is 5.26 Å². The lowest BCUT2D eigenvalue weighted by molar-refractivity contribution is 1.16. The molecule has 0 unspecified atom stereocenters. The maximum Gasteiger partial charge on any atom is 0.140 e. The highest BCUT2D eigenvalue weighted by Crippen LogP contribution is 2.21. The van der Waals surface area contributed by atoms with Crippen molar-refractivity contribution < 1.29 is 0 Å². The number of nitrogens with zero attached hydrogens (tertiary/aromatic N) is 3. The summed E-state index contributed by atoms with van der Waals surface area (Å²) in [6.45, 7) is 2.04. The second kappa shape index (κ2) is 4.01. The zero-order valence-corrected chi connectivity index (χ0v) is 9.96. The number of aromatic nitrogens is 2. The summed E-state index contributed by atoms with van der Waals surface area (Å²) < 4.78 is 2.00. The monoisotopic (exact) mass is 233 g/mol. The Labute approximate surface area is 105 Å². The molecule has 3 rings (SSSR count). The summed E-state index contributed by atoms with van der Waals surface area (Å²) in [5.74, 6) is 0. The van der Waals surface area contributed by atoms with Gasteiger partial charge >= 0.3 is 0 Å². The van der Waals surface area contributed by atoms with Crippen molar-refractivity contribution in [2.45, 2.75) is 6.92 Å². The molecule has 0 radical (unpaired) electrons. The molecule has 0 amide bonds. The van der Waals surface area contributed by atoms with Gasteiger partial charge in [0.05, 0.1) is 17.3 Å². The molecule has 18 heavy (non-hydrogen) atoms. The third-order valence-corrected chi connectivity index (χ3v) is 2.97. The van der Waals surface area contributed by atoms with Crippen LogP contribution in [0.5, 0.6) is 0 Å². The molecule has 0 spiro atoms. The van der Waals surface area contributed by atoms with Gasteiger partial charge in [-0.15, -0.1) is 0 Å². The van der Waals surface area contributed by atoms with Crippen LogP contribution >= 0.6 is 0 Å². The number of rotatable bonds is 1. The van der Waals surface area contributed by atoms with Crippen LogP contribution in [0.1, 0.15) is 11.1 Å². The first kappa shape index (κ1) is 10.5. The van der Waals surface area contributed by atoms with Gasteiger partial charge in [-0.05, 0) is 30.7 Å². The first-order valence-corrected chi connectivity index (χ1v) is 5.73. The first-order chi connectivity index (χ1) is 8.78. The maximum atomic E-state index is 8.92. The van der Waals surface area contributed by atoms with Gasteiger partial charge in [0.15, 0.2) is 0 Å². The van der Waals surface area contributed by atoms with Gasteiger partial charge in [0.1, 0.15) is 5.65 Å². The minimum absolute atomic E-state index is 0.654. The Hall–Kier alpha value is -2.60. The molecule has 0 aliphatic carbocycles. The molecule has 0 bridgehead atoms. The van der Waals surface area contributed by atoms with Crippen molar-refractivity contribution in [1.82, 2.24) is 9.38 Å². The highest BCUT2D eigenvalue weighted by atomic mass is 15.0. The summed E-state index contributed by atoms with van der Waals surface area (Å²) in [6.07, 6.45) is 3.96. The molecule has 3 aromatic rings. The lowest BCUT2D eigenvalue weighted by atomic mass is 10.1. The molecule has 0 aliphatic heterocycles. The summed E-state index contributed by atoms with van der Waals surface area (Å²) in [5, 5.41) is 8.92. The molecule has 0 saturated heterocycles. The minimum atomic E-state index is 0.654. The van der Waals surface area contributed by atoms with Crippen molar-refractivity contribution in [3.63, 3.8) is 0 Å². The van der Waals surface area contributed by atoms with Gasteiger partial charge in [-0.2, -0.15) is 5.26 Å². The summed E-state index contributed by atoms with van der Waals surface area (Å²) in [7, 11) is 0. The predicted octanol–water partition coefficient (Wildman–Crippen LogP) is 3.18. The van der Waals surface area contributed by atoms with Crippen LogP contribution < -0.4 is 0 Å². The van der Waals surface area contributed by atoms with Crippen LogP contribution in [0.15, 0.2) is 48.8 Å². The highest BCUT2D eigenvalue weighted by molar-refractivity contribution is 5.65. The molecule has 3 heteroatoms. The first-order valence-electron chi connectivity index (χ1n) is 5.73. The SMILES string of the molecule is Cc1cccn2cc(-c3cccc(C#N)c3)nc12. The van der Waals surface area contributed by atoms with Crippen molar-refractivity contribution in [3.05, 3.63) is 59.9 Å². The van der Waals surface area contributed by atoms with E-state index in [-0.39, 0.29) is 0 Å². The molecule has 0 aliphatic rings. The van der Waals surface area contributed by atoms with Gasteiger partial charge in [-0.1, -0.05) is 18.2 Å². The molecule has 2 heterocycles. The largest absolute Gasteiger partial charge is 0.306 e. The van der Waals surface area contributed by atoms with E-state index in [9.17, 15) is 0 Å². The van der Waals surface area contributed by atoms with E-state index in [0.717, 1.165) is 22.5 Å². The number of imidazole rings is 1. The molecule has 0 N–H and O–H groups in total. The van der Waals surface area contributed by atoms with E-state index in [1.807, 2.05) is 54.0 Å². The number of nitriles is 1. The standard InChI is InChI=1S/C15H11N3/c1-11-4-3-7-18-10-14(17-15(11)18)13-6-2-5-12(8-13)9-16/h2-8,10H,1H3. The van der Waals surface area contributed by atoms with Crippen LogP contribution in [-0.2, 0) is 0 Å². The second-order valence-electron chi connectivity index (χ2n) is 4.24. The molecule has 0 fully saturated rings. The zero-order chi connectivity index (χ0) is 12.5. The molecule has 1 aromatic carbocycles. The van der Waals surface area contributed by atoms with Gasteiger partial charge in [0.25, 0.3) is 0 Å². The Kier molecular flexibility index (Phi) is 2.35. The Bertz CT molecular complexity index is 763. The van der Waals surface area contributed by atoms with Gasteiger partial charge < -0.3 is 4.40 Å². The normalized spacial score (nSPS) is 10.4. The fourth-order valence-corrected chi connectivity index (χ4v) is 2.04. The minimum Gasteiger partial charge on any atom is -0.306 e. The third kappa shape index (κ3) is 1.64. The predicted molar refractivity (Wildman–Crippen MR) is 70.1 cm³/mol. The van der Waals surface area contributed by atoms with Crippen LogP contribution in [0.4, 0.5) is 0 Å². The van der Waals surface area contributed by atoms with E-state index in [2.05, 4.69) is 11.1 Å². The Morgan fingerprint density at radius 2 is 2.11 bits per heavy atom. The molecular formula is C15H11N3. The van der Waals surface area contributed by atoms with Crippen molar-refractivity contribution >= 4 is 5.65 Å². The van der Waals surface area contributed by atoms with Gasteiger partial charge in [-0.25, -0.2) is 4.98 Å². The summed E-state index contributed by atoms with van der Waals surface area (Å²) in [5.41, 5.74) is 4.61. The van der Waals surface area contributed by atoms with E-state index in [4.69, 9.17) is 5.26 Å². The average molecular weight is 233 g/mol. The number of hydrogen-bond donors (Lipinski definition) is 0. The van der Waals surface area contributed by atoms with E-state index in [1.165, 1.54) is 0 Å². The van der Waals surface area contributed by atoms with E-state index in [0.29, 0.717) is 5.56 Å². The molecule has 0 atom stereocenters. The third-order valence-electron chi connectivity index (χ3n) is 2.97. The maximum absolute atomic E-state index is 8.92. The summed E-state index contributed by atoms with van der Waals surface area (Å²) in [6, 6.07) is 13.7. The zero-order valence-electron chi connectivity index (χ0n) is 9.96. The molecule has 3 nitrogen and oxygen atoms in total. The number of hydrogen-bond acceptors (Lipinski definition) is 2. The number of benzene rings is 1. The molecule has 2 aromatic heterocycles. The van der Waals surface area contributed by atoms with E-state index >= 15 is 0 Å². The number of pyridine rings is 1. The van der Waals surface area contributed by atoms with Gasteiger partial charge in [0.2, 0.25) is 0 Å². The molecule has 86 valence electrons. The lowest BCUT2D eigenvalue weighted by Crippen LogP contribution is -1.84. The smallest absolute Gasteiger partial charge is 0.140 e. The summed E-state index contributed by atoms with van der Waals surface area (Å²) in [4.78, 5) is 4.61. The van der Waals surface area contributed by atoms with Crippen LogP contribution in [0.2, 0.25) is 0 Å². The Balaban J connectivity index is 2.20. The average Bonchev–Trinajstić information content (AvgIpc) is 2.84. The number of fused-ring (bicyclic) bond motifs is 1. The second-order valence-corrected chi connectivity index (χ2v) is 4.24. The van der Waals surface area contributed by atoms with Crippen LogP contribution in [0.25, 0.3) is 16.9 Å². The van der Waals surface area contributed by atoms with Crippen molar-refractivity contribution in [2.75, 3.05) is 0 Å².